The fourth-order valence-electron chi connectivity index (χ4n) is 1.13. The second-order valence-electron chi connectivity index (χ2n) is 2.59. The molecule has 1 aromatic rings. The van der Waals surface area contributed by atoms with Gasteiger partial charge in [0.1, 0.15) is 5.56 Å². The van der Waals surface area contributed by atoms with Crippen LogP contribution in [0.3, 0.4) is 0 Å². The topological polar surface area (TPSA) is 86.2 Å². The maximum absolute atomic E-state index is 10.9. The van der Waals surface area contributed by atoms with Crippen LogP contribution in [0.15, 0.2) is 18.2 Å². The molecule has 0 atom stereocenters. The maximum atomic E-state index is 10.9. The summed E-state index contributed by atoms with van der Waals surface area (Å²) in [6, 6.07) is 4.41. The lowest BCUT2D eigenvalue weighted by atomic mass is 10.1. The molecule has 2 N–H and O–H groups in total. The summed E-state index contributed by atoms with van der Waals surface area (Å²) in [5, 5.41) is 10.7. The minimum absolute atomic E-state index is 0.0819. The van der Waals surface area contributed by atoms with Gasteiger partial charge in [-0.1, -0.05) is 12.1 Å². The zero-order valence-electron chi connectivity index (χ0n) is 7.14. The van der Waals surface area contributed by atoms with Crippen LogP contribution in [0.2, 0.25) is 0 Å². The van der Waals surface area contributed by atoms with Crippen molar-refractivity contribution in [2.45, 2.75) is 5.75 Å². The third-order valence-corrected chi connectivity index (χ3v) is 2.08. The highest BCUT2D eigenvalue weighted by Crippen LogP contribution is 2.24. The quantitative estimate of drug-likeness (QED) is 0.447. The van der Waals surface area contributed by atoms with Gasteiger partial charge in [-0.15, -0.1) is 0 Å². The predicted molar refractivity (Wildman–Crippen MR) is 54.3 cm³/mol. The molecule has 0 bridgehead atoms. The Morgan fingerprint density at radius 1 is 1.57 bits per heavy atom. The molecular formula is C8H8N2O3S. The number of nitrogens with two attached hydrogens (primary N) is 1. The van der Waals surface area contributed by atoms with Crippen molar-refractivity contribution in [3.05, 3.63) is 39.4 Å². The summed E-state index contributed by atoms with van der Waals surface area (Å²) >= 11 is 3.93. The Morgan fingerprint density at radius 2 is 2.21 bits per heavy atom. The molecule has 0 aromatic heterocycles. The molecular weight excluding hydrogens is 204 g/mol. The SMILES string of the molecule is NC(=O)c1cccc(CS)c1[N+](=O)[O-]. The van der Waals surface area contributed by atoms with Crippen molar-refractivity contribution in [2.24, 2.45) is 5.73 Å². The molecule has 0 saturated carbocycles. The summed E-state index contributed by atoms with van der Waals surface area (Å²) in [5.41, 5.74) is 5.06. The molecule has 0 fully saturated rings. The third kappa shape index (κ3) is 1.85. The second-order valence-corrected chi connectivity index (χ2v) is 2.91. The number of para-hydroxylation sites is 1. The number of rotatable bonds is 3. The Hall–Kier alpha value is -1.56. The van der Waals surface area contributed by atoms with Crippen molar-refractivity contribution in [2.75, 3.05) is 0 Å². The van der Waals surface area contributed by atoms with E-state index in [1.54, 1.807) is 6.07 Å². The Bertz CT molecular complexity index is 392. The van der Waals surface area contributed by atoms with Crippen molar-refractivity contribution >= 4 is 24.2 Å². The molecule has 1 rings (SSSR count). The van der Waals surface area contributed by atoms with Gasteiger partial charge in [0.2, 0.25) is 0 Å². The Labute approximate surface area is 85.5 Å². The van der Waals surface area contributed by atoms with E-state index in [1.165, 1.54) is 12.1 Å². The molecule has 1 aromatic carbocycles. The van der Waals surface area contributed by atoms with Gasteiger partial charge < -0.3 is 5.73 Å². The van der Waals surface area contributed by atoms with Gasteiger partial charge in [-0.2, -0.15) is 12.6 Å². The smallest absolute Gasteiger partial charge is 0.286 e. The highest BCUT2D eigenvalue weighted by atomic mass is 32.1. The zero-order valence-corrected chi connectivity index (χ0v) is 8.03. The summed E-state index contributed by atoms with van der Waals surface area (Å²) in [7, 11) is 0. The Kier molecular flexibility index (Phi) is 3.08. The highest BCUT2D eigenvalue weighted by Gasteiger charge is 2.21. The molecule has 74 valence electrons. The first kappa shape index (κ1) is 10.5. The second kappa shape index (κ2) is 4.10. The van der Waals surface area contributed by atoms with Crippen LogP contribution in [0, 0.1) is 10.1 Å². The van der Waals surface area contributed by atoms with Gasteiger partial charge in [0.25, 0.3) is 11.6 Å². The lowest BCUT2D eigenvalue weighted by molar-refractivity contribution is -0.385. The number of nitrogens with zero attached hydrogens (tertiary/aromatic N) is 1. The number of carbonyl (C=O) groups excluding carboxylic acids is 1. The first-order valence-electron chi connectivity index (χ1n) is 3.75. The minimum atomic E-state index is -0.805. The maximum Gasteiger partial charge on any atom is 0.286 e. The van der Waals surface area contributed by atoms with Crippen LogP contribution in [0.1, 0.15) is 15.9 Å². The van der Waals surface area contributed by atoms with Crippen molar-refractivity contribution in [3.8, 4) is 0 Å². The number of nitro groups is 1. The molecule has 6 heteroatoms. The van der Waals surface area contributed by atoms with Crippen molar-refractivity contribution < 1.29 is 9.72 Å². The van der Waals surface area contributed by atoms with Crippen molar-refractivity contribution in [1.29, 1.82) is 0 Å². The molecule has 14 heavy (non-hydrogen) atoms. The van der Waals surface area contributed by atoms with Crippen LogP contribution in [0.25, 0.3) is 0 Å². The molecule has 5 nitrogen and oxygen atoms in total. The van der Waals surface area contributed by atoms with Gasteiger partial charge >= 0.3 is 0 Å². The van der Waals surface area contributed by atoms with Crippen molar-refractivity contribution in [1.82, 2.24) is 0 Å². The number of thiol groups is 1. The van der Waals surface area contributed by atoms with E-state index < -0.39 is 10.8 Å². The summed E-state index contributed by atoms with van der Waals surface area (Å²) < 4.78 is 0. The average Bonchev–Trinajstić information content (AvgIpc) is 2.16. The molecule has 1 amide bonds. The molecule has 0 aliphatic rings. The molecule has 0 heterocycles. The molecule has 0 unspecified atom stereocenters. The number of nitro benzene ring substituents is 1. The fourth-order valence-corrected chi connectivity index (χ4v) is 1.39. The van der Waals surface area contributed by atoms with Crippen LogP contribution in [0.4, 0.5) is 5.69 Å². The van der Waals surface area contributed by atoms with Gasteiger partial charge in [0.05, 0.1) is 4.92 Å². The molecule has 0 radical (unpaired) electrons. The van der Waals surface area contributed by atoms with Crippen LogP contribution >= 0.6 is 12.6 Å². The Morgan fingerprint density at radius 3 is 2.64 bits per heavy atom. The van der Waals surface area contributed by atoms with Gasteiger partial charge in [0.15, 0.2) is 0 Å². The number of hydrogen-bond acceptors (Lipinski definition) is 4. The summed E-state index contributed by atoms with van der Waals surface area (Å²) in [6.07, 6.45) is 0. The van der Waals surface area contributed by atoms with E-state index in [1.807, 2.05) is 0 Å². The molecule has 0 aliphatic heterocycles. The van der Waals surface area contributed by atoms with Gasteiger partial charge in [0, 0.05) is 11.3 Å². The molecule has 0 spiro atoms. The van der Waals surface area contributed by atoms with E-state index >= 15 is 0 Å². The summed E-state index contributed by atoms with van der Waals surface area (Å²) in [4.78, 5) is 20.9. The van der Waals surface area contributed by atoms with Crippen LogP contribution < -0.4 is 5.73 Å². The normalized spacial score (nSPS) is 9.79. The van der Waals surface area contributed by atoms with E-state index in [0.717, 1.165) is 0 Å². The number of amides is 1. The van der Waals surface area contributed by atoms with E-state index in [2.05, 4.69) is 12.6 Å². The van der Waals surface area contributed by atoms with Gasteiger partial charge in [-0.05, 0) is 6.07 Å². The van der Waals surface area contributed by atoms with Crippen LogP contribution in [-0.4, -0.2) is 10.8 Å². The highest BCUT2D eigenvalue weighted by molar-refractivity contribution is 7.79. The molecule has 0 aliphatic carbocycles. The van der Waals surface area contributed by atoms with Crippen LogP contribution in [-0.2, 0) is 5.75 Å². The van der Waals surface area contributed by atoms with Gasteiger partial charge in [-0.3, -0.25) is 14.9 Å². The lowest BCUT2D eigenvalue weighted by Crippen LogP contribution is -2.14. The Balaban J connectivity index is 3.43. The zero-order chi connectivity index (χ0) is 10.7. The monoisotopic (exact) mass is 212 g/mol. The van der Waals surface area contributed by atoms with Crippen LogP contribution in [0.5, 0.6) is 0 Å². The predicted octanol–water partition coefficient (Wildman–Crippen LogP) is 1.12. The third-order valence-electron chi connectivity index (χ3n) is 1.74. The van der Waals surface area contributed by atoms with E-state index in [9.17, 15) is 14.9 Å². The number of carbonyl (C=O) groups is 1. The standard InChI is InChI=1S/C8H8N2O3S/c9-8(11)6-3-1-2-5(4-14)7(6)10(12)13/h1-3,14H,4H2,(H2,9,11). The first-order chi connectivity index (χ1) is 6.57. The lowest BCUT2D eigenvalue weighted by Gasteiger charge is -2.02. The van der Waals surface area contributed by atoms with Gasteiger partial charge in [-0.25, -0.2) is 0 Å². The summed E-state index contributed by atoms with van der Waals surface area (Å²) in [5.74, 6) is -0.613. The molecule has 0 saturated heterocycles. The average molecular weight is 212 g/mol. The first-order valence-corrected chi connectivity index (χ1v) is 4.38. The van der Waals surface area contributed by atoms with E-state index in [-0.39, 0.29) is 17.0 Å². The number of primary amides is 1. The largest absolute Gasteiger partial charge is 0.365 e. The van der Waals surface area contributed by atoms with Crippen molar-refractivity contribution in [3.63, 3.8) is 0 Å². The fraction of sp³-hybridized carbons (Fsp3) is 0.125. The minimum Gasteiger partial charge on any atom is -0.365 e. The summed E-state index contributed by atoms with van der Waals surface area (Å²) in [6.45, 7) is 0. The van der Waals surface area contributed by atoms with E-state index in [0.29, 0.717) is 5.56 Å². The number of hydrogen-bond donors (Lipinski definition) is 2. The number of benzene rings is 1. The van der Waals surface area contributed by atoms with E-state index in [4.69, 9.17) is 5.73 Å².